The molecular weight excluding hydrogens is 324 g/mol. The van der Waals surface area contributed by atoms with Crippen LogP contribution in [0.4, 0.5) is 5.82 Å². The summed E-state index contributed by atoms with van der Waals surface area (Å²) in [6.45, 7) is 2.85. The Bertz CT molecular complexity index is 740. The Kier molecular flexibility index (Phi) is 4.10. The standard InChI is InChI=1S/C17H20N4O2S/c22-16(20-9-3-10-21-15(20)6-7-18-21)13-4-1-8-19(12-13)17(23)14-5-2-11-24-14/h2,5-7,11,13H,1,3-4,8-10,12H2/t13-/m0/s1. The predicted molar refractivity (Wildman–Crippen MR) is 92.1 cm³/mol. The van der Waals surface area contributed by atoms with Crippen molar-refractivity contribution in [2.24, 2.45) is 5.92 Å². The molecule has 1 fully saturated rings. The number of carbonyl (C=O) groups excluding carboxylic acids is 2. The molecule has 0 radical (unpaired) electrons. The molecule has 2 aromatic heterocycles. The highest BCUT2D eigenvalue weighted by Gasteiger charge is 2.34. The van der Waals surface area contributed by atoms with Crippen LogP contribution in [-0.4, -0.2) is 46.1 Å². The largest absolute Gasteiger partial charge is 0.337 e. The number of hydrogen-bond donors (Lipinski definition) is 0. The lowest BCUT2D eigenvalue weighted by Gasteiger charge is -2.36. The molecule has 7 heteroatoms. The van der Waals surface area contributed by atoms with Crippen molar-refractivity contribution in [2.75, 3.05) is 24.5 Å². The molecule has 126 valence electrons. The highest BCUT2D eigenvalue weighted by Crippen LogP contribution is 2.26. The van der Waals surface area contributed by atoms with Crippen LogP contribution in [0.2, 0.25) is 0 Å². The summed E-state index contributed by atoms with van der Waals surface area (Å²) in [6.07, 6.45) is 4.39. The van der Waals surface area contributed by atoms with E-state index in [9.17, 15) is 9.59 Å². The summed E-state index contributed by atoms with van der Waals surface area (Å²) in [7, 11) is 0. The molecule has 2 aliphatic rings. The Morgan fingerprint density at radius 1 is 1.17 bits per heavy atom. The number of aromatic nitrogens is 2. The number of anilines is 1. The Hall–Kier alpha value is -2.15. The molecule has 0 N–H and O–H groups in total. The first-order valence-electron chi connectivity index (χ1n) is 8.40. The molecule has 24 heavy (non-hydrogen) atoms. The summed E-state index contributed by atoms with van der Waals surface area (Å²) in [4.78, 5) is 30.0. The second kappa shape index (κ2) is 6.39. The molecule has 0 aromatic carbocycles. The van der Waals surface area contributed by atoms with Crippen LogP contribution in [0.25, 0.3) is 0 Å². The molecule has 0 unspecified atom stereocenters. The number of aryl methyl sites for hydroxylation is 1. The summed E-state index contributed by atoms with van der Waals surface area (Å²) in [5.41, 5.74) is 0. The highest BCUT2D eigenvalue weighted by atomic mass is 32.1. The second-order valence-electron chi connectivity index (χ2n) is 6.32. The van der Waals surface area contributed by atoms with Crippen molar-refractivity contribution in [3.63, 3.8) is 0 Å². The van der Waals surface area contributed by atoms with Gasteiger partial charge in [-0.3, -0.25) is 14.5 Å². The molecule has 4 heterocycles. The van der Waals surface area contributed by atoms with Crippen molar-refractivity contribution in [2.45, 2.75) is 25.8 Å². The molecule has 0 bridgehead atoms. The zero-order valence-electron chi connectivity index (χ0n) is 13.4. The molecule has 0 spiro atoms. The monoisotopic (exact) mass is 344 g/mol. The van der Waals surface area contributed by atoms with Gasteiger partial charge in [0.05, 0.1) is 17.0 Å². The number of rotatable bonds is 2. The SMILES string of the molecule is O=C(c1cccs1)N1CCC[C@H](C(=O)N2CCCn3nccc32)C1. The molecule has 2 aliphatic heterocycles. The summed E-state index contributed by atoms with van der Waals surface area (Å²) in [6, 6.07) is 5.63. The van der Waals surface area contributed by atoms with E-state index in [2.05, 4.69) is 5.10 Å². The van der Waals surface area contributed by atoms with E-state index in [1.165, 1.54) is 11.3 Å². The van der Waals surface area contributed by atoms with Gasteiger partial charge in [-0.1, -0.05) is 6.07 Å². The van der Waals surface area contributed by atoms with Crippen molar-refractivity contribution < 1.29 is 9.59 Å². The quantitative estimate of drug-likeness (QED) is 0.839. The van der Waals surface area contributed by atoms with Crippen molar-refractivity contribution in [1.82, 2.24) is 14.7 Å². The zero-order chi connectivity index (χ0) is 16.5. The van der Waals surface area contributed by atoms with Crippen molar-refractivity contribution in [3.05, 3.63) is 34.7 Å². The van der Waals surface area contributed by atoms with Gasteiger partial charge in [0, 0.05) is 32.2 Å². The van der Waals surface area contributed by atoms with E-state index in [4.69, 9.17) is 0 Å². The number of likely N-dealkylation sites (tertiary alicyclic amines) is 1. The maximum absolute atomic E-state index is 13.0. The van der Waals surface area contributed by atoms with E-state index in [0.717, 1.165) is 49.6 Å². The molecule has 2 amide bonds. The van der Waals surface area contributed by atoms with Crippen LogP contribution in [0.1, 0.15) is 28.9 Å². The van der Waals surface area contributed by atoms with Crippen LogP contribution in [0.3, 0.4) is 0 Å². The van der Waals surface area contributed by atoms with Gasteiger partial charge in [-0.25, -0.2) is 4.68 Å². The molecule has 6 nitrogen and oxygen atoms in total. The number of carbonyl (C=O) groups is 2. The van der Waals surface area contributed by atoms with Crippen molar-refractivity contribution in [1.29, 1.82) is 0 Å². The third-order valence-electron chi connectivity index (χ3n) is 4.78. The fourth-order valence-electron chi connectivity index (χ4n) is 3.58. The fourth-order valence-corrected chi connectivity index (χ4v) is 4.27. The van der Waals surface area contributed by atoms with E-state index in [1.807, 2.05) is 38.1 Å². The third-order valence-corrected chi connectivity index (χ3v) is 5.64. The van der Waals surface area contributed by atoms with E-state index >= 15 is 0 Å². The number of amides is 2. The Morgan fingerprint density at radius 3 is 2.92 bits per heavy atom. The minimum atomic E-state index is -0.121. The highest BCUT2D eigenvalue weighted by molar-refractivity contribution is 7.12. The zero-order valence-corrected chi connectivity index (χ0v) is 14.2. The minimum absolute atomic E-state index is 0.0474. The van der Waals surface area contributed by atoms with Gasteiger partial charge in [-0.2, -0.15) is 5.10 Å². The van der Waals surface area contributed by atoms with Crippen LogP contribution in [0.15, 0.2) is 29.8 Å². The van der Waals surface area contributed by atoms with E-state index in [0.29, 0.717) is 6.54 Å². The maximum Gasteiger partial charge on any atom is 0.263 e. The molecule has 0 saturated carbocycles. The molecule has 4 rings (SSSR count). The first-order chi connectivity index (χ1) is 11.7. The Labute approximate surface area is 144 Å². The van der Waals surface area contributed by atoms with Gasteiger partial charge in [-0.15, -0.1) is 11.3 Å². The minimum Gasteiger partial charge on any atom is -0.337 e. The lowest BCUT2D eigenvalue weighted by molar-refractivity contribution is -0.123. The number of piperidine rings is 1. The average Bonchev–Trinajstić information content (AvgIpc) is 3.31. The average molecular weight is 344 g/mol. The molecule has 2 aromatic rings. The molecule has 1 saturated heterocycles. The van der Waals surface area contributed by atoms with Crippen LogP contribution in [-0.2, 0) is 11.3 Å². The third kappa shape index (κ3) is 2.73. The van der Waals surface area contributed by atoms with Gasteiger partial charge in [0.1, 0.15) is 5.82 Å². The van der Waals surface area contributed by atoms with Crippen LogP contribution in [0, 0.1) is 5.92 Å². The number of nitrogens with zero attached hydrogens (tertiary/aromatic N) is 4. The Balaban J connectivity index is 1.49. The Morgan fingerprint density at radius 2 is 2.08 bits per heavy atom. The van der Waals surface area contributed by atoms with E-state index in [1.54, 1.807) is 6.20 Å². The second-order valence-corrected chi connectivity index (χ2v) is 7.27. The summed E-state index contributed by atoms with van der Waals surface area (Å²) in [5.74, 6) is 0.934. The summed E-state index contributed by atoms with van der Waals surface area (Å²) >= 11 is 1.46. The van der Waals surface area contributed by atoms with E-state index in [-0.39, 0.29) is 17.7 Å². The number of fused-ring (bicyclic) bond motifs is 1. The first kappa shape index (κ1) is 15.4. The maximum atomic E-state index is 13.0. The van der Waals surface area contributed by atoms with Gasteiger partial charge in [0.25, 0.3) is 5.91 Å². The van der Waals surface area contributed by atoms with Crippen molar-refractivity contribution >= 4 is 29.0 Å². The van der Waals surface area contributed by atoms with Gasteiger partial charge in [0.2, 0.25) is 5.91 Å². The number of thiophene rings is 1. The number of hydrogen-bond acceptors (Lipinski definition) is 4. The van der Waals surface area contributed by atoms with Gasteiger partial charge in [-0.05, 0) is 30.7 Å². The molecular formula is C17H20N4O2S. The van der Waals surface area contributed by atoms with Gasteiger partial charge < -0.3 is 4.90 Å². The van der Waals surface area contributed by atoms with Crippen LogP contribution in [0.5, 0.6) is 0 Å². The summed E-state index contributed by atoms with van der Waals surface area (Å²) < 4.78 is 1.89. The topological polar surface area (TPSA) is 58.4 Å². The normalized spacial score (nSPS) is 20.8. The lowest BCUT2D eigenvalue weighted by Crippen LogP contribution is -2.48. The van der Waals surface area contributed by atoms with Gasteiger partial charge in [0.15, 0.2) is 0 Å². The summed E-state index contributed by atoms with van der Waals surface area (Å²) in [5, 5.41) is 6.18. The molecule has 0 aliphatic carbocycles. The lowest BCUT2D eigenvalue weighted by atomic mass is 9.96. The predicted octanol–water partition coefficient (Wildman–Crippen LogP) is 2.23. The first-order valence-corrected chi connectivity index (χ1v) is 9.28. The van der Waals surface area contributed by atoms with Gasteiger partial charge >= 0.3 is 0 Å². The van der Waals surface area contributed by atoms with E-state index < -0.39 is 0 Å². The fraction of sp³-hybridized carbons (Fsp3) is 0.471. The molecule has 1 atom stereocenters. The van der Waals surface area contributed by atoms with Crippen LogP contribution >= 0.6 is 11.3 Å². The smallest absolute Gasteiger partial charge is 0.263 e. The van der Waals surface area contributed by atoms with Crippen LogP contribution < -0.4 is 4.90 Å². The van der Waals surface area contributed by atoms with Crippen molar-refractivity contribution in [3.8, 4) is 0 Å².